The van der Waals surface area contributed by atoms with Gasteiger partial charge in [-0.2, -0.15) is 0 Å². The fraction of sp³-hybridized carbons (Fsp3) is 0.379. The van der Waals surface area contributed by atoms with E-state index in [1.807, 2.05) is 0 Å². The Morgan fingerprint density at radius 3 is 2.41 bits per heavy atom. The minimum Gasteiger partial charge on any atom is -0.398 e. The molecular weight excluding hydrogens is 502 g/mol. The lowest BCUT2D eigenvalue weighted by molar-refractivity contribution is -0.145. The van der Waals surface area contributed by atoms with E-state index in [-0.39, 0.29) is 0 Å². The minimum atomic E-state index is -2.80. The van der Waals surface area contributed by atoms with Gasteiger partial charge >= 0.3 is 0 Å². The molecular formula is C29H36F2N6O2. The molecule has 0 spiro atoms. The molecule has 39 heavy (non-hydrogen) atoms. The topological polar surface area (TPSA) is 150 Å². The van der Waals surface area contributed by atoms with Crippen LogP contribution in [0.2, 0.25) is 0 Å². The molecule has 10 heteroatoms. The van der Waals surface area contributed by atoms with Gasteiger partial charge in [-0.1, -0.05) is 44.9 Å². The van der Waals surface area contributed by atoms with Crippen LogP contribution in [0.5, 0.6) is 0 Å². The molecule has 2 aromatic carbocycles. The third-order valence-corrected chi connectivity index (χ3v) is 6.86. The molecule has 1 unspecified atom stereocenters. The van der Waals surface area contributed by atoms with Gasteiger partial charge in [0.25, 0.3) is 0 Å². The number of aromatic nitrogens is 1. The van der Waals surface area contributed by atoms with E-state index in [0.717, 1.165) is 6.21 Å². The number of nitrogens with two attached hydrogens (primary N) is 2. The summed E-state index contributed by atoms with van der Waals surface area (Å²) in [7, 11) is 0. The van der Waals surface area contributed by atoms with E-state index >= 15 is 0 Å². The Morgan fingerprint density at radius 2 is 1.85 bits per heavy atom. The summed E-state index contributed by atoms with van der Waals surface area (Å²) in [5, 5.41) is 11.2. The Bertz CT molecular complexity index is 1400. The maximum atomic E-state index is 13.2. The molecule has 4 rings (SSSR count). The number of amides is 2. The predicted octanol–water partition coefficient (Wildman–Crippen LogP) is 6.27. The fourth-order valence-electron chi connectivity index (χ4n) is 4.28. The van der Waals surface area contributed by atoms with Crippen molar-refractivity contribution in [3.8, 4) is 0 Å². The molecule has 7 N–H and O–H groups in total. The molecule has 1 aliphatic rings. The van der Waals surface area contributed by atoms with Gasteiger partial charge in [0.1, 0.15) is 0 Å². The van der Waals surface area contributed by atoms with Crippen LogP contribution in [0, 0.1) is 11.3 Å². The van der Waals surface area contributed by atoms with Crippen molar-refractivity contribution in [3.05, 3.63) is 53.2 Å². The number of carbonyl (C=O) groups excluding carboxylic acids is 2. The molecule has 0 aliphatic heterocycles. The maximum Gasteiger partial charge on any atom is 0.249 e. The quantitative estimate of drug-likeness (QED) is 0.170. The van der Waals surface area contributed by atoms with Gasteiger partial charge in [-0.3, -0.25) is 14.6 Å². The molecule has 0 bridgehead atoms. The van der Waals surface area contributed by atoms with Crippen LogP contribution in [0.25, 0.3) is 10.9 Å². The first-order valence-electron chi connectivity index (χ1n) is 13.0. The lowest BCUT2D eigenvalue weighted by atomic mass is 9.80. The number of aromatic amines is 1. The highest BCUT2D eigenvalue weighted by Gasteiger charge is 2.48. The van der Waals surface area contributed by atoms with E-state index in [1.165, 1.54) is 12.8 Å². The second-order valence-electron chi connectivity index (χ2n) is 9.84. The van der Waals surface area contributed by atoms with Crippen molar-refractivity contribution in [1.82, 2.24) is 4.98 Å². The molecule has 1 heterocycles. The summed E-state index contributed by atoms with van der Waals surface area (Å²) in [6.45, 7) is 7.74. The van der Waals surface area contributed by atoms with E-state index in [9.17, 15) is 18.4 Å². The fourth-order valence-corrected chi connectivity index (χ4v) is 4.28. The average Bonchev–Trinajstić information content (AvgIpc) is 3.25. The van der Waals surface area contributed by atoms with Crippen LogP contribution in [0.3, 0.4) is 0 Å². The zero-order valence-corrected chi connectivity index (χ0v) is 22.7. The molecule has 1 aromatic heterocycles. The number of nitrogens with one attached hydrogen (secondary N) is 3. The summed E-state index contributed by atoms with van der Waals surface area (Å²) in [5.41, 5.74) is 15.5. The number of para-hydroxylation sites is 1. The SMILES string of the molecule is CC(=Nc1c(C(C)C(N)=O)[nH]c2ccc(N)c(C=N)c12)c1ccccc1NC(=O)C1CC(F)(F)C1.CCCC. The number of halogens is 2. The third kappa shape index (κ3) is 6.50. The van der Waals surface area contributed by atoms with E-state index in [2.05, 4.69) is 24.1 Å². The number of unbranched alkanes of at least 4 members (excludes halogenated alkanes) is 1. The number of carbonyl (C=O) groups is 2. The van der Waals surface area contributed by atoms with Crippen LogP contribution in [-0.2, 0) is 9.59 Å². The summed E-state index contributed by atoms with van der Waals surface area (Å²) in [5.74, 6) is -5.27. The molecule has 208 valence electrons. The first-order valence-corrected chi connectivity index (χ1v) is 13.0. The van der Waals surface area contributed by atoms with Crippen LogP contribution in [0.1, 0.15) is 76.1 Å². The van der Waals surface area contributed by atoms with Crippen LogP contribution < -0.4 is 16.8 Å². The highest BCUT2D eigenvalue weighted by Crippen LogP contribution is 2.43. The van der Waals surface area contributed by atoms with Crippen LogP contribution in [-0.4, -0.2) is 34.6 Å². The lowest BCUT2D eigenvalue weighted by Crippen LogP contribution is -2.42. The summed E-state index contributed by atoms with van der Waals surface area (Å²) in [6, 6.07) is 10.3. The molecule has 1 fully saturated rings. The predicted molar refractivity (Wildman–Crippen MR) is 153 cm³/mol. The number of aliphatic imine (C=N–C) groups is 1. The molecule has 1 aliphatic carbocycles. The Labute approximate surface area is 226 Å². The van der Waals surface area contributed by atoms with Crippen molar-refractivity contribution < 1.29 is 18.4 Å². The van der Waals surface area contributed by atoms with Gasteiger partial charge in [0.05, 0.1) is 17.3 Å². The van der Waals surface area contributed by atoms with Crippen LogP contribution >= 0.6 is 0 Å². The number of nitrogen functional groups attached to an aromatic ring is 1. The Morgan fingerprint density at radius 1 is 1.21 bits per heavy atom. The van der Waals surface area contributed by atoms with Crippen LogP contribution in [0.15, 0.2) is 41.4 Å². The van der Waals surface area contributed by atoms with Gasteiger partial charge in [-0.15, -0.1) is 0 Å². The molecule has 1 atom stereocenters. The smallest absolute Gasteiger partial charge is 0.249 e. The summed E-state index contributed by atoms with van der Waals surface area (Å²) < 4.78 is 26.4. The van der Waals surface area contributed by atoms with Crippen molar-refractivity contribution in [2.75, 3.05) is 11.1 Å². The largest absolute Gasteiger partial charge is 0.398 e. The van der Waals surface area contributed by atoms with Crippen molar-refractivity contribution in [3.63, 3.8) is 0 Å². The van der Waals surface area contributed by atoms with Gasteiger partial charge in [0, 0.05) is 64.1 Å². The standard InChI is InChI=1S/C25H26F2N6O2.C4H10/c1-12(23(30)34)21-22(20-16(11-28)17(29)7-8-19(20)32-21)31-13(2)15-5-3-4-6-18(15)33-24(35)14-9-25(26,27)10-14;1-3-4-2/h3-8,11-12,14,28,32H,9-10,29H2,1-2H3,(H2,30,34)(H,33,35);3-4H2,1-2H3. The number of nitrogens with zero attached hydrogens (tertiary/aromatic N) is 1. The van der Waals surface area contributed by atoms with Gasteiger partial charge < -0.3 is 27.2 Å². The first kappa shape index (κ1) is 29.5. The van der Waals surface area contributed by atoms with Gasteiger partial charge in [0.15, 0.2) is 0 Å². The summed E-state index contributed by atoms with van der Waals surface area (Å²) in [4.78, 5) is 32.5. The van der Waals surface area contributed by atoms with Crippen molar-refractivity contribution in [2.45, 2.75) is 65.2 Å². The first-order chi connectivity index (χ1) is 18.4. The van der Waals surface area contributed by atoms with Gasteiger partial charge in [0.2, 0.25) is 17.7 Å². The maximum absolute atomic E-state index is 13.2. The molecule has 1 saturated carbocycles. The number of anilines is 2. The second kappa shape index (κ2) is 12.2. The third-order valence-electron chi connectivity index (χ3n) is 6.86. The monoisotopic (exact) mass is 538 g/mol. The van der Waals surface area contributed by atoms with E-state index < -0.39 is 42.4 Å². The van der Waals surface area contributed by atoms with Crippen molar-refractivity contribution in [1.29, 1.82) is 5.41 Å². The average molecular weight is 539 g/mol. The van der Waals surface area contributed by atoms with Crippen molar-refractivity contribution >= 4 is 51.7 Å². The zero-order valence-electron chi connectivity index (χ0n) is 22.7. The normalized spacial score (nSPS) is 15.6. The van der Waals surface area contributed by atoms with Gasteiger partial charge in [-0.05, 0) is 32.0 Å². The number of alkyl halides is 2. The zero-order chi connectivity index (χ0) is 28.9. The molecule has 0 radical (unpaired) electrons. The number of hydrogen-bond donors (Lipinski definition) is 5. The van der Waals surface area contributed by atoms with E-state index in [0.29, 0.717) is 50.5 Å². The Balaban J connectivity index is 0.000000983. The Kier molecular flexibility index (Phi) is 9.21. The number of primary amides is 1. The van der Waals surface area contributed by atoms with E-state index in [4.69, 9.17) is 21.9 Å². The molecule has 8 nitrogen and oxygen atoms in total. The van der Waals surface area contributed by atoms with Gasteiger partial charge in [-0.25, -0.2) is 8.78 Å². The molecule has 2 amide bonds. The molecule has 0 saturated heterocycles. The summed E-state index contributed by atoms with van der Waals surface area (Å²) in [6.07, 6.45) is 2.83. The second-order valence-corrected chi connectivity index (χ2v) is 9.84. The Hall–Kier alpha value is -4.08. The van der Waals surface area contributed by atoms with E-state index in [1.54, 1.807) is 50.2 Å². The summed E-state index contributed by atoms with van der Waals surface area (Å²) >= 11 is 0. The highest BCUT2D eigenvalue weighted by molar-refractivity contribution is 6.13. The highest BCUT2D eigenvalue weighted by atomic mass is 19.3. The number of hydrogen-bond acceptors (Lipinski definition) is 5. The molecule has 3 aromatic rings. The number of rotatable bonds is 8. The number of benzene rings is 2. The lowest BCUT2D eigenvalue weighted by Gasteiger charge is -2.33. The minimum absolute atomic E-state index is 0.379. The number of fused-ring (bicyclic) bond motifs is 1. The van der Waals surface area contributed by atoms with Crippen LogP contribution in [0.4, 0.5) is 25.8 Å². The number of H-pyrrole nitrogens is 1. The van der Waals surface area contributed by atoms with Crippen molar-refractivity contribution in [2.24, 2.45) is 16.6 Å².